The van der Waals surface area contributed by atoms with Crippen LogP contribution in [0.3, 0.4) is 0 Å². The number of fused-ring (bicyclic) bond motifs is 4. The van der Waals surface area contributed by atoms with Gasteiger partial charge in [-0.3, -0.25) is 4.79 Å². The summed E-state index contributed by atoms with van der Waals surface area (Å²) in [5, 5.41) is 13.2. The van der Waals surface area contributed by atoms with E-state index in [-0.39, 0.29) is 12.7 Å². The highest BCUT2D eigenvalue weighted by Crippen LogP contribution is 2.33. The third kappa shape index (κ3) is 3.12. The predicted molar refractivity (Wildman–Crippen MR) is 106 cm³/mol. The fraction of sp³-hybridized carbons (Fsp3) is 0.238. The van der Waals surface area contributed by atoms with Gasteiger partial charge in [0.2, 0.25) is 12.7 Å². The van der Waals surface area contributed by atoms with Crippen LogP contribution in [0.1, 0.15) is 23.6 Å². The van der Waals surface area contributed by atoms with Gasteiger partial charge in [-0.15, -0.1) is 5.10 Å². The molecule has 0 spiro atoms. The van der Waals surface area contributed by atoms with Gasteiger partial charge in [-0.2, -0.15) is 4.52 Å². The molecule has 1 aliphatic heterocycles. The number of tetrazole rings is 1. The Balaban J connectivity index is 1.51. The molecule has 5 rings (SSSR count). The summed E-state index contributed by atoms with van der Waals surface area (Å²) >= 11 is 0. The number of carbonyl (C=O) groups is 1. The Hall–Kier alpha value is -3.68. The Morgan fingerprint density at radius 3 is 2.83 bits per heavy atom. The molecular formula is C21H19N5O3. The predicted octanol–water partition coefficient (Wildman–Crippen LogP) is 2.86. The molecule has 0 radical (unpaired) electrons. The largest absolute Gasteiger partial charge is 0.454 e. The first-order valence-electron chi connectivity index (χ1n) is 9.33. The molecule has 0 atom stereocenters. The highest BCUT2D eigenvalue weighted by atomic mass is 16.7. The highest BCUT2D eigenvalue weighted by molar-refractivity contribution is 5.84. The van der Waals surface area contributed by atoms with Crippen LogP contribution < -0.4 is 9.47 Å². The van der Waals surface area contributed by atoms with Gasteiger partial charge in [-0.05, 0) is 53.2 Å². The number of nitrogens with zero attached hydrogens (tertiary/aromatic N) is 5. The van der Waals surface area contributed by atoms with Gasteiger partial charge < -0.3 is 14.4 Å². The Morgan fingerprint density at radius 1 is 1.10 bits per heavy atom. The van der Waals surface area contributed by atoms with Gasteiger partial charge in [0.05, 0.1) is 5.52 Å². The van der Waals surface area contributed by atoms with Crippen LogP contribution in [0, 0.1) is 6.92 Å². The minimum Gasteiger partial charge on any atom is -0.454 e. The van der Waals surface area contributed by atoms with Crippen molar-refractivity contribution < 1.29 is 14.3 Å². The van der Waals surface area contributed by atoms with Crippen LogP contribution in [-0.4, -0.2) is 37.6 Å². The van der Waals surface area contributed by atoms with Crippen LogP contribution in [0.2, 0.25) is 0 Å². The molecule has 29 heavy (non-hydrogen) atoms. The lowest BCUT2D eigenvalue weighted by Crippen LogP contribution is -2.28. The van der Waals surface area contributed by atoms with Gasteiger partial charge in [-0.25, -0.2) is 0 Å². The molecule has 146 valence electrons. The van der Waals surface area contributed by atoms with Crippen molar-refractivity contribution >= 4 is 22.5 Å². The van der Waals surface area contributed by atoms with E-state index in [0.29, 0.717) is 24.5 Å². The molecular weight excluding hydrogens is 370 g/mol. The van der Waals surface area contributed by atoms with Crippen molar-refractivity contribution in [2.24, 2.45) is 0 Å². The average Bonchev–Trinajstić information content (AvgIpc) is 3.36. The van der Waals surface area contributed by atoms with Gasteiger partial charge in [0, 0.05) is 31.0 Å². The number of aryl methyl sites for hydroxylation is 1. The number of ether oxygens (including phenoxy) is 2. The van der Waals surface area contributed by atoms with Crippen LogP contribution in [0.15, 0.2) is 42.5 Å². The molecule has 2 aromatic heterocycles. The van der Waals surface area contributed by atoms with Gasteiger partial charge in [0.25, 0.3) is 0 Å². The third-order valence-electron chi connectivity index (χ3n) is 5.11. The molecule has 8 heteroatoms. The van der Waals surface area contributed by atoms with E-state index in [1.54, 1.807) is 16.3 Å². The number of hydrogen-bond donors (Lipinski definition) is 0. The molecule has 2 aromatic carbocycles. The molecule has 3 heterocycles. The van der Waals surface area contributed by atoms with E-state index < -0.39 is 0 Å². The smallest absolute Gasteiger partial charge is 0.231 e. The average molecular weight is 389 g/mol. The normalized spacial score (nSPS) is 12.6. The fourth-order valence-electron chi connectivity index (χ4n) is 3.64. The summed E-state index contributed by atoms with van der Waals surface area (Å²) in [5.41, 5.74) is 4.60. The SMILES string of the molecule is CC(=O)N(Cc1ccc2c(c1)OCO2)Cc1cc2cc(C)ccc2n2nnnc12. The maximum absolute atomic E-state index is 12.4. The molecule has 0 aliphatic carbocycles. The number of pyridine rings is 1. The number of hydrogen-bond acceptors (Lipinski definition) is 6. The lowest BCUT2D eigenvalue weighted by Gasteiger charge is -2.22. The van der Waals surface area contributed by atoms with Crippen molar-refractivity contribution in [3.8, 4) is 11.5 Å². The van der Waals surface area contributed by atoms with E-state index in [1.165, 1.54) is 0 Å². The molecule has 4 aromatic rings. The Morgan fingerprint density at radius 2 is 1.97 bits per heavy atom. The van der Waals surface area contributed by atoms with E-state index in [0.717, 1.165) is 33.3 Å². The van der Waals surface area contributed by atoms with Crippen LogP contribution in [0.25, 0.3) is 16.6 Å². The zero-order valence-electron chi connectivity index (χ0n) is 16.1. The standard InChI is InChI=1S/C21H19N5O3/c1-13-3-5-18-16(7-13)9-17(21-22-23-24-26(18)21)11-25(14(2)27)10-15-4-6-19-20(8-15)29-12-28-19/h3-9H,10-12H2,1-2H3. The summed E-state index contributed by atoms with van der Waals surface area (Å²) in [6.07, 6.45) is 0. The van der Waals surface area contributed by atoms with Crippen LogP contribution in [0.4, 0.5) is 0 Å². The second-order valence-corrected chi connectivity index (χ2v) is 7.21. The molecule has 8 nitrogen and oxygen atoms in total. The maximum Gasteiger partial charge on any atom is 0.231 e. The van der Waals surface area contributed by atoms with Crippen LogP contribution in [0.5, 0.6) is 11.5 Å². The van der Waals surface area contributed by atoms with E-state index in [9.17, 15) is 4.79 Å². The first-order valence-corrected chi connectivity index (χ1v) is 9.33. The second-order valence-electron chi connectivity index (χ2n) is 7.21. The molecule has 0 saturated heterocycles. The molecule has 1 aliphatic rings. The highest BCUT2D eigenvalue weighted by Gasteiger charge is 2.18. The first-order chi connectivity index (χ1) is 14.1. The Kier molecular flexibility index (Phi) is 4.04. The summed E-state index contributed by atoms with van der Waals surface area (Å²) in [6.45, 7) is 4.69. The lowest BCUT2D eigenvalue weighted by molar-refractivity contribution is -0.130. The van der Waals surface area contributed by atoms with Crippen molar-refractivity contribution in [1.29, 1.82) is 0 Å². The van der Waals surface area contributed by atoms with E-state index in [4.69, 9.17) is 9.47 Å². The van der Waals surface area contributed by atoms with Crippen molar-refractivity contribution in [3.63, 3.8) is 0 Å². The molecule has 0 saturated carbocycles. The molecule has 0 fully saturated rings. The van der Waals surface area contributed by atoms with Crippen molar-refractivity contribution in [2.45, 2.75) is 26.9 Å². The zero-order chi connectivity index (χ0) is 20.0. The lowest BCUT2D eigenvalue weighted by atomic mass is 10.1. The van der Waals surface area contributed by atoms with Gasteiger partial charge in [0.15, 0.2) is 17.1 Å². The molecule has 0 bridgehead atoms. The minimum absolute atomic E-state index is 0.0300. The molecule has 0 unspecified atom stereocenters. The monoisotopic (exact) mass is 389 g/mol. The Bertz CT molecular complexity index is 1250. The Labute approximate surface area is 166 Å². The quantitative estimate of drug-likeness (QED) is 0.534. The van der Waals surface area contributed by atoms with Crippen molar-refractivity contribution in [3.05, 3.63) is 59.2 Å². The summed E-state index contributed by atoms with van der Waals surface area (Å²) in [7, 11) is 0. The van der Waals surface area contributed by atoms with Gasteiger partial charge in [-0.1, -0.05) is 17.7 Å². The van der Waals surface area contributed by atoms with Gasteiger partial charge in [0.1, 0.15) is 0 Å². The van der Waals surface area contributed by atoms with E-state index in [2.05, 4.69) is 27.7 Å². The zero-order valence-corrected chi connectivity index (χ0v) is 16.1. The second kappa shape index (κ2) is 6.73. The minimum atomic E-state index is -0.0300. The maximum atomic E-state index is 12.4. The van der Waals surface area contributed by atoms with Crippen molar-refractivity contribution in [1.82, 2.24) is 24.9 Å². The topological polar surface area (TPSA) is 81.9 Å². The van der Waals surface area contributed by atoms with E-state index in [1.807, 2.05) is 37.3 Å². The van der Waals surface area contributed by atoms with Gasteiger partial charge >= 0.3 is 0 Å². The van der Waals surface area contributed by atoms with Crippen LogP contribution in [-0.2, 0) is 17.9 Å². The van der Waals surface area contributed by atoms with Crippen LogP contribution >= 0.6 is 0 Å². The molecule has 1 amide bonds. The van der Waals surface area contributed by atoms with E-state index >= 15 is 0 Å². The number of aromatic nitrogens is 4. The number of carbonyl (C=O) groups excluding carboxylic acids is 1. The third-order valence-corrected chi connectivity index (χ3v) is 5.11. The summed E-state index contributed by atoms with van der Waals surface area (Å²) in [5.74, 6) is 1.40. The van der Waals surface area contributed by atoms with Crippen molar-refractivity contribution in [2.75, 3.05) is 6.79 Å². The fourth-order valence-corrected chi connectivity index (χ4v) is 3.64. The summed E-state index contributed by atoms with van der Waals surface area (Å²) in [4.78, 5) is 14.2. The first kappa shape index (κ1) is 17.4. The number of amides is 1. The summed E-state index contributed by atoms with van der Waals surface area (Å²) < 4.78 is 12.5. The summed E-state index contributed by atoms with van der Waals surface area (Å²) in [6, 6.07) is 13.9. The molecule has 0 N–H and O–H groups in total. The number of rotatable bonds is 4. The number of benzene rings is 2.